The Morgan fingerprint density at radius 3 is 2.78 bits per heavy atom. The fraction of sp³-hybridized carbons (Fsp3) is 0.500. The van der Waals surface area contributed by atoms with E-state index in [0.29, 0.717) is 23.7 Å². The maximum atomic E-state index is 12.9. The van der Waals surface area contributed by atoms with Crippen LogP contribution in [0.3, 0.4) is 0 Å². The maximum absolute atomic E-state index is 12.9. The van der Waals surface area contributed by atoms with Gasteiger partial charge in [0, 0.05) is 11.6 Å². The van der Waals surface area contributed by atoms with E-state index in [1.807, 2.05) is 28.9 Å². The van der Waals surface area contributed by atoms with E-state index >= 15 is 0 Å². The summed E-state index contributed by atoms with van der Waals surface area (Å²) < 4.78 is 7.73. The molecule has 0 aliphatic carbocycles. The molecule has 7 heteroatoms. The van der Waals surface area contributed by atoms with Crippen LogP contribution < -0.4 is 15.6 Å². The lowest BCUT2D eigenvalue weighted by molar-refractivity contribution is -0.113. The van der Waals surface area contributed by atoms with Crippen LogP contribution in [0.15, 0.2) is 29.1 Å². The number of hydrogen-bond donors (Lipinski definition) is 2. The zero-order valence-corrected chi connectivity index (χ0v) is 16.9. The van der Waals surface area contributed by atoms with Crippen LogP contribution in [0.1, 0.15) is 62.5 Å². The summed E-state index contributed by atoms with van der Waals surface area (Å²) in [4.78, 5) is 25.2. The first kappa shape index (κ1) is 19.6. The van der Waals surface area contributed by atoms with Crippen LogP contribution in [0, 0.1) is 0 Å². The van der Waals surface area contributed by atoms with Gasteiger partial charge in [0.2, 0.25) is 5.91 Å². The summed E-state index contributed by atoms with van der Waals surface area (Å²) in [7, 11) is 0. The van der Waals surface area contributed by atoms with E-state index < -0.39 is 0 Å². The normalized spacial score (nSPS) is 17.7. The van der Waals surface area contributed by atoms with Gasteiger partial charge < -0.3 is 10.1 Å². The van der Waals surface area contributed by atoms with Crippen LogP contribution in [0.25, 0.3) is 0 Å². The van der Waals surface area contributed by atoms with E-state index in [1.165, 1.54) is 11.8 Å². The number of para-hydroxylation sites is 1. The first-order chi connectivity index (χ1) is 13.1. The van der Waals surface area contributed by atoms with Gasteiger partial charge in [-0.05, 0) is 25.8 Å². The Labute approximate surface area is 163 Å². The van der Waals surface area contributed by atoms with E-state index in [0.717, 1.165) is 30.6 Å². The number of hydrogen-bond acceptors (Lipinski definition) is 4. The molecule has 0 saturated carbocycles. The summed E-state index contributed by atoms with van der Waals surface area (Å²) in [5.41, 5.74) is 1.37. The Balaban J connectivity index is 2.10. The number of thioether (sulfide) groups is 1. The van der Waals surface area contributed by atoms with Crippen LogP contribution in [0.4, 0.5) is 5.82 Å². The number of H-pyrrole nitrogens is 1. The van der Waals surface area contributed by atoms with Crippen LogP contribution in [-0.2, 0) is 4.79 Å². The number of anilines is 1. The third kappa shape index (κ3) is 4.08. The van der Waals surface area contributed by atoms with Gasteiger partial charge in [0.1, 0.15) is 11.6 Å². The van der Waals surface area contributed by atoms with Crippen LogP contribution >= 0.6 is 11.8 Å². The van der Waals surface area contributed by atoms with Gasteiger partial charge in [-0.2, -0.15) is 0 Å². The molecule has 0 fully saturated rings. The van der Waals surface area contributed by atoms with E-state index in [4.69, 9.17) is 4.74 Å². The number of aromatic amines is 1. The summed E-state index contributed by atoms with van der Waals surface area (Å²) in [6.45, 7) is 6.83. The van der Waals surface area contributed by atoms with Crippen LogP contribution in [0.2, 0.25) is 0 Å². The number of carbonyl (C=O) groups excluding carboxylic acids is 1. The number of carbonyl (C=O) groups is 1. The molecule has 0 bridgehead atoms. The van der Waals surface area contributed by atoms with Crippen molar-refractivity contribution < 1.29 is 9.53 Å². The minimum absolute atomic E-state index is 0.0906. The smallest absolute Gasteiger partial charge is 0.270 e. The number of aromatic nitrogens is 2. The van der Waals surface area contributed by atoms with Crippen LogP contribution in [-0.4, -0.2) is 28.0 Å². The predicted octanol–water partition coefficient (Wildman–Crippen LogP) is 4.10. The number of ether oxygens (including phenoxy) is 1. The van der Waals surface area contributed by atoms with Gasteiger partial charge in [0.15, 0.2) is 0 Å². The molecule has 0 spiro atoms. The molecule has 1 aliphatic rings. The largest absolute Gasteiger partial charge is 0.493 e. The highest BCUT2D eigenvalue weighted by molar-refractivity contribution is 8.00. The second-order valence-corrected chi connectivity index (χ2v) is 7.93. The van der Waals surface area contributed by atoms with Gasteiger partial charge in [-0.1, -0.05) is 38.5 Å². The van der Waals surface area contributed by atoms with Crippen molar-refractivity contribution >= 4 is 23.5 Å². The number of amides is 1. The first-order valence-corrected chi connectivity index (χ1v) is 10.6. The Kier molecular flexibility index (Phi) is 6.31. The number of nitrogens with zero attached hydrogens (tertiary/aromatic N) is 1. The molecule has 1 amide bonds. The molecule has 6 nitrogen and oxygen atoms in total. The molecule has 27 heavy (non-hydrogen) atoms. The molecule has 2 atom stereocenters. The van der Waals surface area contributed by atoms with Gasteiger partial charge in [0.25, 0.3) is 5.56 Å². The standard InChI is InChI=1S/C20H27N3O3S/c1-4-8-13(3)23-19-17(20(25)22-23)18(27-12-16(24)21-19)14-9-6-7-10-15(14)26-11-5-2/h6-7,9-10,13,18H,4-5,8,11-12H2,1-3H3,(H,21,24)(H,22,25)/t13-,18+/m1/s1. The van der Waals surface area contributed by atoms with E-state index in [2.05, 4.69) is 31.2 Å². The molecule has 2 aromatic rings. The molecular formula is C20H27N3O3S. The lowest BCUT2D eigenvalue weighted by Gasteiger charge is -2.19. The van der Waals surface area contributed by atoms with Crippen molar-refractivity contribution in [1.82, 2.24) is 9.78 Å². The van der Waals surface area contributed by atoms with Gasteiger partial charge in [-0.25, -0.2) is 0 Å². The summed E-state index contributed by atoms with van der Waals surface area (Å²) in [6.07, 6.45) is 2.82. The number of benzene rings is 1. The number of rotatable bonds is 7. The molecule has 2 heterocycles. The first-order valence-electron chi connectivity index (χ1n) is 9.54. The Hall–Kier alpha value is -2.15. The Morgan fingerprint density at radius 1 is 1.26 bits per heavy atom. The lowest BCUT2D eigenvalue weighted by atomic mass is 10.0. The molecule has 3 rings (SSSR count). The van der Waals surface area contributed by atoms with Gasteiger partial charge in [0.05, 0.1) is 23.2 Å². The minimum Gasteiger partial charge on any atom is -0.493 e. The van der Waals surface area contributed by atoms with Crippen molar-refractivity contribution in [1.29, 1.82) is 0 Å². The zero-order valence-electron chi connectivity index (χ0n) is 16.1. The van der Waals surface area contributed by atoms with Gasteiger partial charge >= 0.3 is 0 Å². The zero-order chi connectivity index (χ0) is 19.4. The third-order valence-corrected chi connectivity index (χ3v) is 5.93. The highest BCUT2D eigenvalue weighted by Gasteiger charge is 2.32. The van der Waals surface area contributed by atoms with Crippen LogP contribution in [0.5, 0.6) is 5.75 Å². The summed E-state index contributed by atoms with van der Waals surface area (Å²) in [5, 5.41) is 5.63. The summed E-state index contributed by atoms with van der Waals surface area (Å²) in [6, 6.07) is 7.88. The second-order valence-electron chi connectivity index (χ2n) is 6.84. The SMILES string of the molecule is CCCOc1ccccc1[C@@H]1SCC(=O)Nc2c1c(=O)[nH]n2[C@H](C)CCC. The average Bonchev–Trinajstić information content (AvgIpc) is 2.87. The van der Waals surface area contributed by atoms with E-state index in [9.17, 15) is 9.59 Å². The molecule has 146 valence electrons. The van der Waals surface area contributed by atoms with E-state index in [1.54, 1.807) is 0 Å². The van der Waals surface area contributed by atoms with Gasteiger partial charge in [-0.3, -0.25) is 19.4 Å². The van der Waals surface area contributed by atoms with Crippen molar-refractivity contribution in [2.45, 2.75) is 51.3 Å². The minimum atomic E-state index is -0.258. The summed E-state index contributed by atoms with van der Waals surface area (Å²) >= 11 is 1.46. The molecular weight excluding hydrogens is 362 g/mol. The fourth-order valence-corrected chi connectivity index (χ4v) is 4.56. The Bertz CT molecular complexity index is 858. The van der Waals surface area contributed by atoms with Crippen molar-refractivity contribution in [2.75, 3.05) is 17.7 Å². The second kappa shape index (κ2) is 8.69. The molecule has 0 unspecified atom stereocenters. The molecule has 1 aliphatic heterocycles. The molecule has 2 N–H and O–H groups in total. The van der Waals surface area contributed by atoms with Crippen molar-refractivity contribution in [3.63, 3.8) is 0 Å². The monoisotopic (exact) mass is 389 g/mol. The highest BCUT2D eigenvalue weighted by atomic mass is 32.2. The molecule has 0 radical (unpaired) electrons. The lowest BCUT2D eigenvalue weighted by Crippen LogP contribution is -2.18. The molecule has 1 aromatic carbocycles. The van der Waals surface area contributed by atoms with Gasteiger partial charge in [-0.15, -0.1) is 11.8 Å². The quantitative estimate of drug-likeness (QED) is 0.747. The molecule has 1 aromatic heterocycles. The fourth-order valence-electron chi connectivity index (χ4n) is 3.41. The van der Waals surface area contributed by atoms with Crippen molar-refractivity contribution in [3.8, 4) is 5.75 Å². The number of fused-ring (bicyclic) bond motifs is 1. The van der Waals surface area contributed by atoms with E-state index in [-0.39, 0.29) is 22.8 Å². The topological polar surface area (TPSA) is 76.1 Å². The van der Waals surface area contributed by atoms with Crippen molar-refractivity contribution in [3.05, 3.63) is 45.7 Å². The summed E-state index contributed by atoms with van der Waals surface area (Å²) in [5.74, 6) is 1.56. The molecule has 0 saturated heterocycles. The predicted molar refractivity (Wildman–Crippen MR) is 110 cm³/mol. The number of nitrogens with one attached hydrogen (secondary N) is 2. The average molecular weight is 390 g/mol. The Morgan fingerprint density at radius 2 is 2.04 bits per heavy atom. The van der Waals surface area contributed by atoms with Crippen molar-refractivity contribution in [2.24, 2.45) is 0 Å². The third-order valence-electron chi connectivity index (χ3n) is 4.67. The highest BCUT2D eigenvalue weighted by Crippen LogP contribution is 2.43. The maximum Gasteiger partial charge on any atom is 0.270 e.